The van der Waals surface area contributed by atoms with Crippen LogP contribution in [0.4, 0.5) is 4.79 Å². The third-order valence-corrected chi connectivity index (χ3v) is 6.27. The molecule has 1 amide bonds. The molecule has 1 aliphatic heterocycles. The van der Waals surface area contributed by atoms with E-state index in [2.05, 4.69) is 25.1 Å². The Labute approximate surface area is 171 Å². The van der Waals surface area contributed by atoms with Crippen LogP contribution in [0, 0.1) is 5.92 Å². The van der Waals surface area contributed by atoms with Crippen molar-refractivity contribution in [3.8, 4) is 0 Å². The number of ether oxygens (including phenoxy) is 1. The Morgan fingerprint density at radius 2 is 1.64 bits per heavy atom. The van der Waals surface area contributed by atoms with Gasteiger partial charge in [0.2, 0.25) is 0 Å². The molecule has 0 N–H and O–H groups in total. The summed E-state index contributed by atoms with van der Waals surface area (Å²) < 4.78 is 5.80. The van der Waals surface area contributed by atoms with Crippen molar-refractivity contribution in [3.63, 3.8) is 0 Å². The highest BCUT2D eigenvalue weighted by molar-refractivity contribution is 5.75. The smallest absolute Gasteiger partial charge is 0.412 e. The molecular weight excluding hydrogens is 346 g/mol. The van der Waals surface area contributed by atoms with E-state index in [4.69, 9.17) is 4.74 Å². The summed E-state index contributed by atoms with van der Waals surface area (Å²) in [4.78, 5) is 14.7. The molecule has 2 fully saturated rings. The van der Waals surface area contributed by atoms with Gasteiger partial charge in [0.25, 0.3) is 0 Å². The number of amides is 1. The number of hydrogen-bond donors (Lipinski definition) is 0. The SMILES string of the molecule is CCCCCCCCCN1C(=O)O/C(=C\c2ccccc2)C1C1CCCCC1. The summed E-state index contributed by atoms with van der Waals surface area (Å²) in [6.07, 6.45) is 17.1. The summed E-state index contributed by atoms with van der Waals surface area (Å²) in [7, 11) is 0. The van der Waals surface area contributed by atoms with Crippen molar-refractivity contribution in [3.05, 3.63) is 41.7 Å². The monoisotopic (exact) mass is 383 g/mol. The molecule has 154 valence electrons. The van der Waals surface area contributed by atoms with Gasteiger partial charge in [-0.15, -0.1) is 0 Å². The summed E-state index contributed by atoms with van der Waals surface area (Å²) in [5.41, 5.74) is 1.11. The van der Waals surface area contributed by atoms with Gasteiger partial charge in [-0.3, -0.25) is 4.90 Å². The molecule has 0 bridgehead atoms. The van der Waals surface area contributed by atoms with Gasteiger partial charge in [0.1, 0.15) is 5.76 Å². The van der Waals surface area contributed by atoms with Crippen LogP contribution >= 0.6 is 0 Å². The Morgan fingerprint density at radius 3 is 2.36 bits per heavy atom. The number of nitrogens with zero attached hydrogens (tertiary/aromatic N) is 1. The number of carbonyl (C=O) groups is 1. The van der Waals surface area contributed by atoms with E-state index in [1.807, 2.05) is 23.1 Å². The Balaban J connectivity index is 1.63. The number of benzene rings is 1. The van der Waals surface area contributed by atoms with Gasteiger partial charge >= 0.3 is 6.09 Å². The first-order valence-electron chi connectivity index (χ1n) is 11.5. The molecule has 0 radical (unpaired) electrons. The highest BCUT2D eigenvalue weighted by Crippen LogP contribution is 2.38. The second kappa shape index (κ2) is 11.3. The van der Waals surface area contributed by atoms with E-state index in [9.17, 15) is 4.79 Å². The zero-order valence-corrected chi connectivity index (χ0v) is 17.6. The topological polar surface area (TPSA) is 29.5 Å². The molecule has 3 nitrogen and oxygen atoms in total. The summed E-state index contributed by atoms with van der Waals surface area (Å²) in [5, 5.41) is 0. The molecule has 1 saturated heterocycles. The molecule has 1 aromatic carbocycles. The van der Waals surface area contributed by atoms with Crippen molar-refractivity contribution >= 4 is 12.2 Å². The lowest BCUT2D eigenvalue weighted by molar-refractivity contribution is 0.153. The van der Waals surface area contributed by atoms with Crippen LogP contribution in [0.1, 0.15) is 89.5 Å². The molecule has 1 heterocycles. The number of cyclic esters (lactones) is 1. The Bertz CT molecular complexity index is 619. The molecular formula is C25H37NO2. The van der Waals surface area contributed by atoms with Crippen molar-refractivity contribution in [2.45, 2.75) is 90.0 Å². The van der Waals surface area contributed by atoms with Gasteiger partial charge in [-0.2, -0.15) is 0 Å². The van der Waals surface area contributed by atoms with Gasteiger partial charge in [-0.1, -0.05) is 95.0 Å². The van der Waals surface area contributed by atoms with E-state index in [0.717, 1.165) is 24.3 Å². The van der Waals surface area contributed by atoms with Gasteiger partial charge in [-0.25, -0.2) is 4.79 Å². The fraction of sp³-hybridized carbons (Fsp3) is 0.640. The second-order valence-corrected chi connectivity index (χ2v) is 8.48. The molecule has 3 rings (SSSR count). The van der Waals surface area contributed by atoms with Crippen molar-refractivity contribution < 1.29 is 9.53 Å². The van der Waals surface area contributed by atoms with E-state index in [1.165, 1.54) is 70.6 Å². The van der Waals surface area contributed by atoms with E-state index in [-0.39, 0.29) is 12.1 Å². The van der Waals surface area contributed by atoms with Gasteiger partial charge in [0, 0.05) is 6.54 Å². The maximum Gasteiger partial charge on any atom is 0.415 e. The quantitative estimate of drug-likeness (QED) is 0.400. The second-order valence-electron chi connectivity index (χ2n) is 8.48. The lowest BCUT2D eigenvalue weighted by Crippen LogP contribution is -2.39. The maximum absolute atomic E-state index is 12.7. The molecule has 1 aliphatic carbocycles. The first kappa shape index (κ1) is 21.0. The minimum absolute atomic E-state index is 0.132. The number of hydrogen-bond acceptors (Lipinski definition) is 2. The largest absolute Gasteiger partial charge is 0.415 e. The van der Waals surface area contributed by atoms with Gasteiger partial charge in [-0.05, 0) is 36.8 Å². The molecule has 1 saturated carbocycles. The van der Waals surface area contributed by atoms with Crippen LogP contribution < -0.4 is 0 Å². The standard InChI is InChI=1S/C25H37NO2/c1-2-3-4-5-6-7-14-19-26-24(22-17-12-9-13-18-22)23(28-25(26)27)20-21-15-10-8-11-16-21/h8,10-11,15-16,20,22,24H,2-7,9,12-14,17-19H2,1H3/b23-20-. The van der Waals surface area contributed by atoms with E-state index in [0.29, 0.717) is 5.92 Å². The summed E-state index contributed by atoms with van der Waals surface area (Å²) >= 11 is 0. The predicted octanol–water partition coefficient (Wildman–Crippen LogP) is 7.18. The van der Waals surface area contributed by atoms with Crippen LogP contribution in [-0.2, 0) is 4.74 Å². The molecule has 2 aliphatic rings. The van der Waals surface area contributed by atoms with E-state index >= 15 is 0 Å². The Morgan fingerprint density at radius 1 is 0.964 bits per heavy atom. The number of carbonyl (C=O) groups excluding carboxylic acids is 1. The van der Waals surface area contributed by atoms with Crippen molar-refractivity contribution in [1.82, 2.24) is 4.90 Å². The van der Waals surface area contributed by atoms with E-state index < -0.39 is 0 Å². The van der Waals surface area contributed by atoms with Gasteiger partial charge < -0.3 is 4.74 Å². The van der Waals surface area contributed by atoms with E-state index in [1.54, 1.807) is 0 Å². The lowest BCUT2D eigenvalue weighted by atomic mass is 9.82. The highest BCUT2D eigenvalue weighted by Gasteiger charge is 2.42. The summed E-state index contributed by atoms with van der Waals surface area (Å²) in [6, 6.07) is 10.4. The molecule has 28 heavy (non-hydrogen) atoms. The minimum atomic E-state index is -0.135. The molecule has 1 aromatic rings. The van der Waals surface area contributed by atoms with Crippen molar-refractivity contribution in [2.75, 3.05) is 6.54 Å². The van der Waals surface area contributed by atoms with Crippen molar-refractivity contribution in [2.24, 2.45) is 5.92 Å². The molecule has 3 heteroatoms. The maximum atomic E-state index is 12.7. The first-order valence-corrected chi connectivity index (χ1v) is 11.5. The first-order chi connectivity index (χ1) is 13.8. The number of rotatable bonds is 10. The zero-order valence-electron chi connectivity index (χ0n) is 17.6. The highest BCUT2D eigenvalue weighted by atomic mass is 16.6. The normalized spacial score (nSPS) is 22.0. The fourth-order valence-corrected chi connectivity index (χ4v) is 4.72. The molecule has 1 unspecified atom stereocenters. The Hall–Kier alpha value is -1.77. The zero-order chi connectivity index (χ0) is 19.6. The minimum Gasteiger partial charge on any atom is -0.412 e. The van der Waals surface area contributed by atoms with Crippen LogP contribution in [0.2, 0.25) is 0 Å². The predicted molar refractivity (Wildman–Crippen MR) is 116 cm³/mol. The number of unbranched alkanes of at least 4 members (excludes halogenated alkanes) is 6. The molecule has 0 aromatic heterocycles. The average Bonchev–Trinajstić information content (AvgIpc) is 3.03. The molecule has 1 atom stereocenters. The average molecular weight is 384 g/mol. The van der Waals surface area contributed by atoms with Crippen LogP contribution in [-0.4, -0.2) is 23.6 Å². The van der Waals surface area contributed by atoms with Crippen LogP contribution in [0.25, 0.3) is 6.08 Å². The fourth-order valence-electron chi connectivity index (χ4n) is 4.72. The lowest BCUT2D eigenvalue weighted by Gasteiger charge is -2.32. The van der Waals surface area contributed by atoms with Crippen LogP contribution in [0.5, 0.6) is 0 Å². The third kappa shape index (κ3) is 5.86. The van der Waals surface area contributed by atoms with Crippen LogP contribution in [0.3, 0.4) is 0 Å². The van der Waals surface area contributed by atoms with Crippen LogP contribution in [0.15, 0.2) is 36.1 Å². The summed E-state index contributed by atoms with van der Waals surface area (Å²) in [5.74, 6) is 1.41. The Kier molecular flexibility index (Phi) is 8.44. The van der Waals surface area contributed by atoms with Gasteiger partial charge in [0.05, 0.1) is 6.04 Å². The van der Waals surface area contributed by atoms with Gasteiger partial charge in [0.15, 0.2) is 0 Å². The summed E-state index contributed by atoms with van der Waals surface area (Å²) in [6.45, 7) is 3.09. The third-order valence-electron chi connectivity index (χ3n) is 6.27. The molecule has 0 spiro atoms. The van der Waals surface area contributed by atoms with Crippen molar-refractivity contribution in [1.29, 1.82) is 0 Å².